The van der Waals surface area contributed by atoms with Crippen LogP contribution in [0.4, 0.5) is 11.4 Å². The van der Waals surface area contributed by atoms with Crippen LogP contribution in [0.2, 0.25) is 5.02 Å². The first kappa shape index (κ1) is 26.3. The molecule has 42 heavy (non-hydrogen) atoms. The Morgan fingerprint density at radius 3 is 2.29 bits per heavy atom. The molecule has 0 fully saturated rings. The van der Waals surface area contributed by atoms with Gasteiger partial charge in [-0.05, 0) is 59.8 Å². The SMILES string of the molecule is CCOC(=O)C1=NN(c2cccc(Cl)c2)[C@]2(S1)c1ccccc1C(c1cccc3ccccc13)=NN2c1ccccc1. The van der Waals surface area contributed by atoms with Gasteiger partial charge in [-0.2, -0.15) is 10.2 Å². The summed E-state index contributed by atoms with van der Waals surface area (Å²) in [5, 5.41) is 17.1. The third-order valence-electron chi connectivity index (χ3n) is 7.29. The van der Waals surface area contributed by atoms with Gasteiger partial charge in [0.1, 0.15) is 0 Å². The Morgan fingerprint density at radius 1 is 0.786 bits per heavy atom. The van der Waals surface area contributed by atoms with E-state index < -0.39 is 11.0 Å². The van der Waals surface area contributed by atoms with Gasteiger partial charge < -0.3 is 4.74 Å². The van der Waals surface area contributed by atoms with Crippen LogP contribution in [-0.2, 0) is 14.5 Å². The van der Waals surface area contributed by atoms with Crippen LogP contribution in [0, 0.1) is 0 Å². The number of carbonyl (C=O) groups excluding carboxylic acids is 1. The third-order valence-corrected chi connectivity index (χ3v) is 8.81. The van der Waals surface area contributed by atoms with Crippen LogP contribution in [0.1, 0.15) is 23.6 Å². The Labute approximate surface area is 252 Å². The molecule has 5 aromatic carbocycles. The quantitative estimate of drug-likeness (QED) is 0.195. The average molecular weight is 589 g/mol. The fourth-order valence-electron chi connectivity index (χ4n) is 5.52. The number of esters is 1. The first-order valence-corrected chi connectivity index (χ1v) is 14.8. The van der Waals surface area contributed by atoms with E-state index in [4.69, 9.17) is 26.5 Å². The second-order valence-corrected chi connectivity index (χ2v) is 11.4. The van der Waals surface area contributed by atoms with Crippen molar-refractivity contribution in [2.75, 3.05) is 16.6 Å². The minimum absolute atomic E-state index is 0.233. The molecule has 5 aromatic rings. The van der Waals surface area contributed by atoms with E-state index in [0.717, 1.165) is 38.9 Å². The smallest absolute Gasteiger partial charge is 0.365 e. The van der Waals surface area contributed by atoms with Gasteiger partial charge >= 0.3 is 5.97 Å². The van der Waals surface area contributed by atoms with Crippen molar-refractivity contribution in [3.05, 3.63) is 143 Å². The van der Waals surface area contributed by atoms with Crippen molar-refractivity contribution in [1.82, 2.24) is 0 Å². The van der Waals surface area contributed by atoms with Crippen LogP contribution in [0.3, 0.4) is 0 Å². The van der Waals surface area contributed by atoms with Crippen LogP contribution < -0.4 is 10.0 Å². The lowest BCUT2D eigenvalue weighted by atomic mass is 9.91. The molecule has 0 bridgehead atoms. The van der Waals surface area contributed by atoms with E-state index in [9.17, 15) is 4.79 Å². The molecule has 206 valence electrons. The highest BCUT2D eigenvalue weighted by Crippen LogP contribution is 2.55. The zero-order valence-electron chi connectivity index (χ0n) is 22.6. The Balaban J connectivity index is 1.54. The van der Waals surface area contributed by atoms with E-state index in [-0.39, 0.29) is 11.7 Å². The fraction of sp³-hybridized carbons (Fsp3) is 0.0882. The van der Waals surface area contributed by atoms with Gasteiger partial charge in [0.2, 0.25) is 10.0 Å². The Morgan fingerprint density at radius 2 is 1.45 bits per heavy atom. The van der Waals surface area contributed by atoms with E-state index in [1.54, 1.807) is 6.92 Å². The Bertz CT molecular complexity index is 1890. The number of hydrazone groups is 2. The molecular formula is C34H25ClN4O2S. The van der Waals surface area contributed by atoms with E-state index >= 15 is 0 Å². The van der Waals surface area contributed by atoms with Gasteiger partial charge in [-0.1, -0.05) is 103 Å². The maximum Gasteiger partial charge on any atom is 0.365 e. The second-order valence-electron chi connectivity index (χ2n) is 9.80. The van der Waals surface area contributed by atoms with Gasteiger partial charge in [0, 0.05) is 21.7 Å². The fourth-order valence-corrected chi connectivity index (χ4v) is 6.99. The van der Waals surface area contributed by atoms with E-state index in [1.165, 1.54) is 11.8 Å². The van der Waals surface area contributed by atoms with Crippen molar-refractivity contribution in [3.63, 3.8) is 0 Å². The van der Waals surface area contributed by atoms with E-state index in [1.807, 2.05) is 88.9 Å². The average Bonchev–Trinajstić information content (AvgIpc) is 3.43. The van der Waals surface area contributed by atoms with Crippen molar-refractivity contribution >= 4 is 62.2 Å². The van der Waals surface area contributed by atoms with Crippen molar-refractivity contribution in [2.45, 2.75) is 11.9 Å². The summed E-state index contributed by atoms with van der Waals surface area (Å²) < 4.78 is 5.44. The monoisotopic (exact) mass is 588 g/mol. The summed E-state index contributed by atoms with van der Waals surface area (Å²) in [5.41, 5.74) is 5.27. The molecule has 8 heteroatoms. The minimum atomic E-state index is -1.10. The van der Waals surface area contributed by atoms with Gasteiger partial charge in [0.25, 0.3) is 0 Å². The van der Waals surface area contributed by atoms with Crippen molar-refractivity contribution < 1.29 is 9.53 Å². The van der Waals surface area contributed by atoms with Crippen molar-refractivity contribution in [2.24, 2.45) is 10.2 Å². The topological polar surface area (TPSA) is 57.5 Å². The normalized spacial score (nSPS) is 17.7. The number of para-hydroxylation sites is 1. The number of fused-ring (bicyclic) bond motifs is 3. The lowest BCUT2D eigenvalue weighted by Crippen LogP contribution is -2.54. The van der Waals surface area contributed by atoms with Gasteiger partial charge in [-0.3, -0.25) is 0 Å². The summed E-state index contributed by atoms with van der Waals surface area (Å²) in [6.45, 7) is 2.03. The van der Waals surface area contributed by atoms with Crippen molar-refractivity contribution in [1.29, 1.82) is 0 Å². The van der Waals surface area contributed by atoms with Crippen molar-refractivity contribution in [3.8, 4) is 0 Å². The van der Waals surface area contributed by atoms with Gasteiger partial charge in [-0.25, -0.2) is 14.8 Å². The molecule has 0 radical (unpaired) electrons. The zero-order valence-corrected chi connectivity index (χ0v) is 24.2. The molecule has 1 spiro atoms. The van der Waals surface area contributed by atoms with E-state index in [2.05, 4.69) is 42.5 Å². The molecule has 0 N–H and O–H groups in total. The van der Waals surface area contributed by atoms with Crippen LogP contribution in [0.25, 0.3) is 10.8 Å². The largest absolute Gasteiger partial charge is 0.461 e. The lowest BCUT2D eigenvalue weighted by molar-refractivity contribution is -0.134. The molecule has 6 nitrogen and oxygen atoms in total. The number of carbonyl (C=O) groups is 1. The number of benzene rings is 5. The van der Waals surface area contributed by atoms with Gasteiger partial charge in [-0.15, -0.1) is 0 Å². The van der Waals surface area contributed by atoms with Gasteiger partial charge in [0.15, 0.2) is 0 Å². The molecule has 0 amide bonds. The summed E-state index contributed by atoms with van der Waals surface area (Å²) in [5.74, 6) is -0.485. The van der Waals surface area contributed by atoms with Gasteiger partial charge in [0.05, 0.1) is 23.7 Å². The molecule has 2 aliphatic heterocycles. The maximum absolute atomic E-state index is 13.2. The highest BCUT2D eigenvalue weighted by Gasteiger charge is 2.56. The maximum atomic E-state index is 13.2. The number of halogens is 1. The van der Waals surface area contributed by atoms with Crippen LogP contribution in [0.5, 0.6) is 0 Å². The number of rotatable bonds is 5. The zero-order chi connectivity index (χ0) is 28.7. The first-order valence-electron chi connectivity index (χ1n) is 13.6. The number of thioether (sulfide) groups is 1. The number of ether oxygens (including phenoxy) is 1. The van der Waals surface area contributed by atoms with Crippen LogP contribution in [-0.4, -0.2) is 23.3 Å². The number of nitrogens with zero attached hydrogens (tertiary/aromatic N) is 4. The highest BCUT2D eigenvalue weighted by atomic mass is 35.5. The summed E-state index contributed by atoms with van der Waals surface area (Å²) in [7, 11) is 0. The number of anilines is 2. The molecule has 0 saturated carbocycles. The Hall–Kier alpha value is -4.59. The lowest BCUT2D eigenvalue weighted by Gasteiger charge is -2.47. The molecule has 2 heterocycles. The molecule has 0 aliphatic carbocycles. The third kappa shape index (κ3) is 4.24. The summed E-state index contributed by atoms with van der Waals surface area (Å²) in [6.07, 6.45) is 0. The molecule has 0 saturated heterocycles. The Kier molecular flexibility index (Phi) is 6.69. The predicted octanol–water partition coefficient (Wildman–Crippen LogP) is 8.01. The molecular weight excluding hydrogens is 564 g/mol. The summed E-state index contributed by atoms with van der Waals surface area (Å²) in [4.78, 5) is 12.1. The second kappa shape index (κ2) is 10.7. The summed E-state index contributed by atoms with van der Waals surface area (Å²) in [6, 6.07) is 40.2. The molecule has 2 aliphatic rings. The molecule has 0 unspecified atom stereocenters. The van der Waals surface area contributed by atoms with E-state index in [0.29, 0.717) is 10.7 Å². The molecule has 0 aromatic heterocycles. The summed E-state index contributed by atoms with van der Waals surface area (Å²) >= 11 is 7.81. The number of hydrogen-bond acceptors (Lipinski definition) is 7. The predicted molar refractivity (Wildman–Crippen MR) is 172 cm³/mol. The molecule has 1 atom stereocenters. The minimum Gasteiger partial charge on any atom is -0.461 e. The highest BCUT2D eigenvalue weighted by molar-refractivity contribution is 8.16. The molecule has 7 rings (SSSR count). The van der Waals surface area contributed by atoms with Crippen LogP contribution >= 0.6 is 23.4 Å². The first-order chi connectivity index (χ1) is 20.6. The van der Waals surface area contributed by atoms with Crippen LogP contribution in [0.15, 0.2) is 132 Å². The standard InChI is InChI=1S/C34H25ClN4O2S/c1-2-41-33(40)32-37-39(26-17-11-14-24(35)22-26)34(42-32)30-21-9-8-19-29(30)31(36-38(34)25-15-4-3-5-16-25)28-20-10-13-23-12-6-7-18-27(23)28/h3-22H,2H2,1H3/t34-/m0/s1. The number of hydrogen-bond donors (Lipinski definition) is 0.